The number of ketones is 1. The fraction of sp³-hybridized carbons (Fsp3) is 0.115. The van der Waals surface area contributed by atoms with Gasteiger partial charge in [0.1, 0.15) is 5.76 Å². The van der Waals surface area contributed by atoms with E-state index in [2.05, 4.69) is 15.1 Å². The largest absolute Gasteiger partial charge is 0.507 e. The Morgan fingerprint density at radius 2 is 1.71 bits per heavy atom. The number of amides is 1. The van der Waals surface area contributed by atoms with Crippen molar-refractivity contribution in [2.75, 3.05) is 0 Å². The summed E-state index contributed by atoms with van der Waals surface area (Å²) in [6.07, 6.45) is 7.99. The molecule has 1 aromatic carbocycles. The molecule has 1 amide bonds. The molecule has 1 aliphatic rings. The summed E-state index contributed by atoms with van der Waals surface area (Å²) in [5.41, 5.74) is 3.33. The molecule has 1 atom stereocenters. The van der Waals surface area contributed by atoms with Gasteiger partial charge in [-0.3, -0.25) is 19.6 Å². The molecule has 34 heavy (non-hydrogen) atoms. The van der Waals surface area contributed by atoms with Crippen molar-refractivity contribution in [2.24, 2.45) is 0 Å². The van der Waals surface area contributed by atoms with Crippen molar-refractivity contribution >= 4 is 17.4 Å². The Balaban J connectivity index is 1.64. The van der Waals surface area contributed by atoms with Crippen molar-refractivity contribution in [1.82, 2.24) is 24.6 Å². The fourth-order valence-corrected chi connectivity index (χ4v) is 4.24. The third-order valence-corrected chi connectivity index (χ3v) is 5.90. The van der Waals surface area contributed by atoms with Gasteiger partial charge in [-0.25, -0.2) is 4.68 Å². The Bertz CT molecular complexity index is 1380. The van der Waals surface area contributed by atoms with Crippen molar-refractivity contribution < 1.29 is 14.7 Å². The molecule has 0 saturated carbocycles. The highest BCUT2D eigenvalue weighted by atomic mass is 16.3. The predicted octanol–water partition coefficient (Wildman–Crippen LogP) is 3.59. The second-order valence-electron chi connectivity index (χ2n) is 7.96. The fourth-order valence-electron chi connectivity index (χ4n) is 4.24. The smallest absolute Gasteiger partial charge is 0.295 e. The molecule has 1 fully saturated rings. The van der Waals surface area contributed by atoms with Crippen LogP contribution in [0.2, 0.25) is 0 Å². The number of nitrogens with zero attached hydrogens (tertiary/aromatic N) is 5. The van der Waals surface area contributed by atoms with Crippen LogP contribution in [0, 0.1) is 6.92 Å². The van der Waals surface area contributed by atoms with E-state index in [1.807, 2.05) is 43.3 Å². The SMILES string of the molecule is Cc1c(C(O)=C2C(=O)C(=O)N(Cc3cccnc3)C2c2ccncc2)cnn1-c1ccccc1. The van der Waals surface area contributed by atoms with Gasteiger partial charge in [0.25, 0.3) is 11.7 Å². The van der Waals surface area contributed by atoms with Crippen LogP contribution in [-0.2, 0) is 16.1 Å². The van der Waals surface area contributed by atoms with Crippen molar-refractivity contribution in [3.8, 4) is 5.69 Å². The number of carbonyl (C=O) groups excluding carboxylic acids is 2. The van der Waals surface area contributed by atoms with Gasteiger partial charge in [-0.15, -0.1) is 0 Å². The van der Waals surface area contributed by atoms with Gasteiger partial charge in [-0.2, -0.15) is 5.10 Å². The second kappa shape index (κ2) is 8.74. The zero-order valence-corrected chi connectivity index (χ0v) is 18.4. The van der Waals surface area contributed by atoms with Gasteiger partial charge in [-0.05, 0) is 48.4 Å². The van der Waals surface area contributed by atoms with Gasteiger partial charge < -0.3 is 10.0 Å². The summed E-state index contributed by atoms with van der Waals surface area (Å²) in [4.78, 5) is 36.0. The molecular weight excluding hydrogens is 430 g/mol. The highest BCUT2D eigenvalue weighted by Crippen LogP contribution is 2.40. The molecule has 1 saturated heterocycles. The number of likely N-dealkylation sites (tertiary alicyclic amines) is 1. The van der Waals surface area contributed by atoms with Gasteiger partial charge in [0, 0.05) is 31.3 Å². The van der Waals surface area contributed by atoms with E-state index in [1.54, 1.807) is 47.7 Å². The Labute approximate surface area is 195 Å². The van der Waals surface area contributed by atoms with E-state index in [0.717, 1.165) is 11.3 Å². The molecule has 8 nitrogen and oxygen atoms in total. The lowest BCUT2D eigenvalue weighted by molar-refractivity contribution is -0.140. The maximum absolute atomic E-state index is 13.2. The number of aliphatic hydroxyl groups is 1. The van der Waals surface area contributed by atoms with Crippen LogP contribution in [0.3, 0.4) is 0 Å². The van der Waals surface area contributed by atoms with Crippen molar-refractivity contribution in [3.63, 3.8) is 0 Å². The lowest BCUT2D eigenvalue weighted by atomic mass is 9.96. The van der Waals surface area contributed by atoms with E-state index in [-0.39, 0.29) is 17.9 Å². The van der Waals surface area contributed by atoms with Crippen LogP contribution < -0.4 is 0 Å². The Morgan fingerprint density at radius 1 is 0.941 bits per heavy atom. The number of hydrogen-bond acceptors (Lipinski definition) is 6. The molecule has 168 valence electrons. The maximum atomic E-state index is 13.2. The topological polar surface area (TPSA) is 101 Å². The van der Waals surface area contributed by atoms with E-state index in [9.17, 15) is 14.7 Å². The molecule has 0 spiro atoms. The predicted molar refractivity (Wildman–Crippen MR) is 125 cm³/mol. The van der Waals surface area contributed by atoms with Crippen molar-refractivity contribution in [1.29, 1.82) is 0 Å². The van der Waals surface area contributed by atoms with E-state index < -0.39 is 17.7 Å². The molecule has 1 aliphatic heterocycles. The number of aromatic nitrogens is 4. The van der Waals surface area contributed by atoms with Crippen LogP contribution in [0.5, 0.6) is 0 Å². The van der Waals surface area contributed by atoms with Crippen LogP contribution >= 0.6 is 0 Å². The van der Waals surface area contributed by atoms with E-state index >= 15 is 0 Å². The van der Waals surface area contributed by atoms with Crippen LogP contribution in [-0.4, -0.2) is 41.4 Å². The summed E-state index contributed by atoms with van der Waals surface area (Å²) in [6, 6.07) is 15.8. The molecule has 3 aromatic heterocycles. The molecule has 4 aromatic rings. The quantitative estimate of drug-likeness (QED) is 0.283. The molecule has 0 radical (unpaired) electrons. The normalized spacial score (nSPS) is 17.3. The first-order valence-electron chi connectivity index (χ1n) is 10.7. The Kier molecular flexibility index (Phi) is 5.47. The third-order valence-electron chi connectivity index (χ3n) is 5.90. The first kappa shape index (κ1) is 21.3. The molecule has 5 rings (SSSR count). The number of carbonyl (C=O) groups is 2. The summed E-state index contributed by atoms with van der Waals surface area (Å²) < 4.78 is 1.68. The van der Waals surface area contributed by atoms with Crippen LogP contribution in [0.1, 0.15) is 28.4 Å². The van der Waals surface area contributed by atoms with Gasteiger partial charge in [-0.1, -0.05) is 24.3 Å². The first-order valence-corrected chi connectivity index (χ1v) is 10.7. The number of Topliss-reactive ketones (excluding diaryl/α,β-unsaturated/α-hetero) is 1. The minimum absolute atomic E-state index is 0.0239. The number of pyridine rings is 2. The van der Waals surface area contributed by atoms with Crippen LogP contribution in [0.4, 0.5) is 0 Å². The zero-order valence-electron chi connectivity index (χ0n) is 18.4. The molecule has 4 heterocycles. The summed E-state index contributed by atoms with van der Waals surface area (Å²) >= 11 is 0. The van der Waals surface area contributed by atoms with Crippen molar-refractivity contribution in [3.05, 3.63) is 114 Å². The van der Waals surface area contributed by atoms with E-state index in [0.29, 0.717) is 16.8 Å². The van der Waals surface area contributed by atoms with Gasteiger partial charge in [0.15, 0.2) is 0 Å². The maximum Gasteiger partial charge on any atom is 0.295 e. The first-order chi connectivity index (χ1) is 16.6. The molecule has 0 aliphatic carbocycles. The number of aliphatic hydroxyl groups excluding tert-OH is 1. The molecule has 1 N–H and O–H groups in total. The summed E-state index contributed by atoms with van der Waals surface area (Å²) in [5, 5.41) is 15.8. The van der Waals surface area contributed by atoms with Gasteiger partial charge in [0.05, 0.1) is 34.8 Å². The number of rotatable bonds is 5. The standard InChI is InChI=1S/C26H21N5O3/c1-17-21(15-29-31(17)20-7-3-2-4-8-20)24(32)22-23(19-9-12-27-13-10-19)30(26(34)25(22)33)16-18-6-5-11-28-14-18/h2-15,23,32H,16H2,1H3. The number of para-hydroxylation sites is 1. The third kappa shape index (κ3) is 3.65. The van der Waals surface area contributed by atoms with Gasteiger partial charge >= 0.3 is 0 Å². The van der Waals surface area contributed by atoms with E-state index in [1.165, 1.54) is 11.1 Å². The van der Waals surface area contributed by atoms with Crippen molar-refractivity contribution in [2.45, 2.75) is 19.5 Å². The molecule has 1 unspecified atom stereocenters. The molecule has 8 heteroatoms. The monoisotopic (exact) mass is 451 g/mol. The Hall–Kier alpha value is -4.59. The van der Waals surface area contributed by atoms with Crippen LogP contribution in [0.25, 0.3) is 11.4 Å². The average molecular weight is 451 g/mol. The Morgan fingerprint density at radius 3 is 2.41 bits per heavy atom. The number of hydrogen-bond donors (Lipinski definition) is 1. The minimum atomic E-state index is -0.775. The lowest BCUT2D eigenvalue weighted by Gasteiger charge is -2.25. The lowest BCUT2D eigenvalue weighted by Crippen LogP contribution is -2.29. The zero-order chi connectivity index (χ0) is 23.7. The highest BCUT2D eigenvalue weighted by Gasteiger charge is 2.46. The highest BCUT2D eigenvalue weighted by molar-refractivity contribution is 6.46. The average Bonchev–Trinajstić information content (AvgIpc) is 3.38. The number of benzene rings is 1. The summed E-state index contributed by atoms with van der Waals surface area (Å²) in [6.45, 7) is 1.98. The molecule has 0 bridgehead atoms. The summed E-state index contributed by atoms with van der Waals surface area (Å²) in [7, 11) is 0. The second-order valence-corrected chi connectivity index (χ2v) is 7.96. The van der Waals surface area contributed by atoms with E-state index in [4.69, 9.17) is 0 Å². The van der Waals surface area contributed by atoms with Gasteiger partial charge in [0.2, 0.25) is 0 Å². The summed E-state index contributed by atoms with van der Waals surface area (Å²) in [5.74, 6) is -1.68. The minimum Gasteiger partial charge on any atom is -0.507 e. The molecular formula is C26H21N5O3. The van der Waals surface area contributed by atoms with Crippen LogP contribution in [0.15, 0.2) is 91.2 Å².